The van der Waals surface area contributed by atoms with Gasteiger partial charge in [-0.3, -0.25) is 0 Å². The lowest BCUT2D eigenvalue weighted by molar-refractivity contribution is 0.252. The molecule has 0 spiro atoms. The highest BCUT2D eigenvalue weighted by Gasteiger charge is 2.08. The Morgan fingerprint density at radius 2 is 2.09 bits per heavy atom. The second kappa shape index (κ2) is 7.66. The van der Waals surface area contributed by atoms with Gasteiger partial charge in [0.05, 0.1) is 12.8 Å². The van der Waals surface area contributed by atoms with Gasteiger partial charge >= 0.3 is 6.03 Å². The molecule has 0 unspecified atom stereocenters. The SMILES string of the molecule is COc1cc(F)ccc1NC(=O)NCCc1cccc(Cl)c1. The molecule has 0 atom stereocenters. The number of methoxy groups -OCH3 is 1. The fourth-order valence-corrected chi connectivity index (χ4v) is 2.16. The summed E-state index contributed by atoms with van der Waals surface area (Å²) < 4.78 is 18.1. The molecule has 2 N–H and O–H groups in total. The summed E-state index contributed by atoms with van der Waals surface area (Å²) in [5, 5.41) is 6.01. The minimum atomic E-state index is -0.427. The number of benzene rings is 2. The maximum Gasteiger partial charge on any atom is 0.319 e. The van der Waals surface area contributed by atoms with Crippen molar-refractivity contribution in [2.24, 2.45) is 0 Å². The number of ether oxygens (including phenoxy) is 1. The van der Waals surface area contributed by atoms with E-state index in [2.05, 4.69) is 10.6 Å². The first-order valence-corrected chi connectivity index (χ1v) is 7.09. The molecule has 116 valence electrons. The molecule has 0 aliphatic heterocycles. The van der Waals surface area contributed by atoms with E-state index in [4.69, 9.17) is 16.3 Å². The fraction of sp³-hybridized carbons (Fsp3) is 0.188. The molecule has 4 nitrogen and oxygen atoms in total. The Balaban J connectivity index is 1.86. The van der Waals surface area contributed by atoms with E-state index in [1.165, 1.54) is 25.3 Å². The zero-order chi connectivity index (χ0) is 15.9. The van der Waals surface area contributed by atoms with Crippen molar-refractivity contribution in [1.82, 2.24) is 5.32 Å². The first-order valence-electron chi connectivity index (χ1n) is 6.71. The molecule has 2 aromatic carbocycles. The van der Waals surface area contributed by atoms with Gasteiger partial charge in [-0.25, -0.2) is 9.18 Å². The zero-order valence-corrected chi connectivity index (χ0v) is 12.8. The number of urea groups is 1. The maximum atomic E-state index is 13.1. The van der Waals surface area contributed by atoms with Crippen LogP contribution in [0.4, 0.5) is 14.9 Å². The molecule has 0 aliphatic rings. The average Bonchev–Trinajstić information content (AvgIpc) is 2.49. The molecule has 0 saturated heterocycles. The number of hydrogen-bond acceptors (Lipinski definition) is 2. The van der Waals surface area contributed by atoms with Crippen LogP contribution in [0, 0.1) is 5.82 Å². The summed E-state index contributed by atoms with van der Waals surface area (Å²) in [6, 6.07) is 11.0. The number of amides is 2. The normalized spacial score (nSPS) is 10.1. The van der Waals surface area contributed by atoms with Crippen LogP contribution in [0.25, 0.3) is 0 Å². The Bertz CT molecular complexity index is 664. The van der Waals surface area contributed by atoms with Crippen molar-refractivity contribution in [3.63, 3.8) is 0 Å². The molecule has 0 aromatic heterocycles. The van der Waals surface area contributed by atoms with Gasteiger partial charge in [0.2, 0.25) is 0 Å². The van der Waals surface area contributed by atoms with Crippen LogP contribution in [-0.4, -0.2) is 19.7 Å². The number of hydrogen-bond donors (Lipinski definition) is 2. The van der Waals surface area contributed by atoms with Gasteiger partial charge in [0.25, 0.3) is 0 Å². The van der Waals surface area contributed by atoms with Crippen molar-refractivity contribution in [3.05, 3.63) is 58.9 Å². The second-order valence-electron chi connectivity index (χ2n) is 4.61. The van der Waals surface area contributed by atoms with Crippen LogP contribution >= 0.6 is 11.6 Å². The highest BCUT2D eigenvalue weighted by Crippen LogP contribution is 2.24. The summed E-state index contributed by atoms with van der Waals surface area (Å²) in [6.07, 6.45) is 0.661. The summed E-state index contributed by atoms with van der Waals surface area (Å²) in [7, 11) is 1.41. The molecular weight excluding hydrogens is 307 g/mol. The largest absolute Gasteiger partial charge is 0.494 e. The van der Waals surface area contributed by atoms with Crippen LogP contribution in [0.3, 0.4) is 0 Å². The van der Waals surface area contributed by atoms with E-state index in [0.29, 0.717) is 23.7 Å². The lowest BCUT2D eigenvalue weighted by Gasteiger charge is -2.11. The Morgan fingerprint density at radius 1 is 1.27 bits per heavy atom. The highest BCUT2D eigenvalue weighted by molar-refractivity contribution is 6.30. The minimum Gasteiger partial charge on any atom is -0.494 e. The Kier molecular flexibility index (Phi) is 5.61. The first-order chi connectivity index (χ1) is 10.6. The van der Waals surface area contributed by atoms with Gasteiger partial charge in [-0.2, -0.15) is 0 Å². The lowest BCUT2D eigenvalue weighted by atomic mass is 10.1. The van der Waals surface area contributed by atoms with E-state index < -0.39 is 5.82 Å². The van der Waals surface area contributed by atoms with Gasteiger partial charge in [0.1, 0.15) is 11.6 Å². The molecule has 0 heterocycles. The molecule has 2 amide bonds. The van der Waals surface area contributed by atoms with E-state index >= 15 is 0 Å². The van der Waals surface area contributed by atoms with Crippen LogP contribution in [0.1, 0.15) is 5.56 Å². The summed E-state index contributed by atoms with van der Waals surface area (Å²) in [5.74, 6) is -0.159. The molecule has 6 heteroatoms. The van der Waals surface area contributed by atoms with Gasteiger partial charge in [0, 0.05) is 17.6 Å². The topological polar surface area (TPSA) is 50.4 Å². The van der Waals surface area contributed by atoms with Crippen molar-refractivity contribution in [3.8, 4) is 5.75 Å². The molecule has 0 radical (unpaired) electrons. The number of nitrogens with one attached hydrogen (secondary N) is 2. The first kappa shape index (κ1) is 16.1. The summed E-state index contributed by atoms with van der Waals surface area (Å²) in [5.41, 5.74) is 1.44. The smallest absolute Gasteiger partial charge is 0.319 e. The van der Waals surface area contributed by atoms with Crippen LogP contribution < -0.4 is 15.4 Å². The fourth-order valence-electron chi connectivity index (χ4n) is 1.95. The van der Waals surface area contributed by atoms with E-state index in [9.17, 15) is 9.18 Å². The molecule has 0 aliphatic carbocycles. The quantitative estimate of drug-likeness (QED) is 0.878. The van der Waals surface area contributed by atoms with E-state index in [-0.39, 0.29) is 11.8 Å². The van der Waals surface area contributed by atoms with E-state index in [1.54, 1.807) is 6.07 Å². The van der Waals surface area contributed by atoms with Crippen LogP contribution in [0.5, 0.6) is 5.75 Å². The molecule has 0 bridgehead atoms. The predicted molar refractivity (Wildman–Crippen MR) is 85.1 cm³/mol. The van der Waals surface area contributed by atoms with Gasteiger partial charge in [-0.1, -0.05) is 23.7 Å². The third-order valence-corrected chi connectivity index (χ3v) is 3.24. The van der Waals surface area contributed by atoms with E-state index in [0.717, 1.165) is 5.56 Å². The number of carbonyl (C=O) groups excluding carboxylic acids is 1. The minimum absolute atomic E-state index is 0.269. The monoisotopic (exact) mass is 322 g/mol. The molecule has 0 fully saturated rings. The number of carbonyl (C=O) groups is 1. The van der Waals surface area contributed by atoms with Gasteiger partial charge in [-0.15, -0.1) is 0 Å². The van der Waals surface area contributed by atoms with Crippen LogP contribution in [0.2, 0.25) is 5.02 Å². The number of anilines is 1. The number of halogens is 2. The highest BCUT2D eigenvalue weighted by atomic mass is 35.5. The van der Waals surface area contributed by atoms with Crippen molar-refractivity contribution in [1.29, 1.82) is 0 Å². The van der Waals surface area contributed by atoms with Crippen molar-refractivity contribution < 1.29 is 13.9 Å². The Labute approximate surface area is 133 Å². The molecule has 22 heavy (non-hydrogen) atoms. The van der Waals surface area contributed by atoms with Gasteiger partial charge in [-0.05, 0) is 36.2 Å². The van der Waals surface area contributed by atoms with Crippen molar-refractivity contribution in [2.45, 2.75) is 6.42 Å². The summed E-state index contributed by atoms with van der Waals surface area (Å²) >= 11 is 5.90. The number of rotatable bonds is 5. The van der Waals surface area contributed by atoms with E-state index in [1.807, 2.05) is 18.2 Å². The predicted octanol–water partition coefficient (Wildman–Crippen LogP) is 3.85. The lowest BCUT2D eigenvalue weighted by Crippen LogP contribution is -2.30. The van der Waals surface area contributed by atoms with Crippen molar-refractivity contribution in [2.75, 3.05) is 19.0 Å². The molecule has 2 rings (SSSR count). The van der Waals surface area contributed by atoms with Gasteiger partial charge < -0.3 is 15.4 Å². The second-order valence-corrected chi connectivity index (χ2v) is 5.04. The Hall–Kier alpha value is -2.27. The third-order valence-electron chi connectivity index (χ3n) is 3.00. The Morgan fingerprint density at radius 3 is 2.82 bits per heavy atom. The zero-order valence-electron chi connectivity index (χ0n) is 12.0. The summed E-state index contributed by atoms with van der Waals surface area (Å²) in [6.45, 7) is 0.454. The maximum absolute atomic E-state index is 13.1. The molecule has 0 saturated carbocycles. The third kappa shape index (κ3) is 4.63. The average molecular weight is 323 g/mol. The molecule has 2 aromatic rings. The van der Waals surface area contributed by atoms with Crippen LogP contribution in [0.15, 0.2) is 42.5 Å². The van der Waals surface area contributed by atoms with Crippen LogP contribution in [-0.2, 0) is 6.42 Å². The van der Waals surface area contributed by atoms with Crippen molar-refractivity contribution >= 4 is 23.3 Å². The standard InChI is InChI=1S/C16H16ClFN2O2/c1-22-15-10-13(18)5-6-14(15)20-16(21)19-8-7-11-3-2-4-12(17)9-11/h2-6,9-10H,7-8H2,1H3,(H2,19,20,21). The summed E-state index contributed by atoms with van der Waals surface area (Å²) in [4.78, 5) is 11.8. The molecular formula is C16H16ClFN2O2. The van der Waals surface area contributed by atoms with Gasteiger partial charge in [0.15, 0.2) is 0 Å².